The summed E-state index contributed by atoms with van der Waals surface area (Å²) < 4.78 is 5.48. The highest BCUT2D eigenvalue weighted by molar-refractivity contribution is 4.93. The zero-order valence-corrected chi connectivity index (χ0v) is 8.15. The standard InChI is InChI=1S/C10H15N3O/c1-3-9(7-11-4-1)8-14-10-12-5-2-6-13-10/h2,5-6,9,11H,1,3-4,7-8H2. The van der Waals surface area contributed by atoms with E-state index >= 15 is 0 Å². The van der Waals surface area contributed by atoms with E-state index in [2.05, 4.69) is 15.3 Å². The van der Waals surface area contributed by atoms with Crippen molar-refractivity contribution in [3.63, 3.8) is 0 Å². The minimum absolute atomic E-state index is 0.484. The van der Waals surface area contributed by atoms with E-state index in [-0.39, 0.29) is 0 Å². The molecule has 1 N–H and O–H groups in total. The van der Waals surface area contributed by atoms with Crippen molar-refractivity contribution < 1.29 is 4.74 Å². The van der Waals surface area contributed by atoms with Gasteiger partial charge in [-0.1, -0.05) is 0 Å². The maximum Gasteiger partial charge on any atom is 0.316 e. The predicted molar refractivity (Wildman–Crippen MR) is 53.1 cm³/mol. The van der Waals surface area contributed by atoms with Gasteiger partial charge in [0.25, 0.3) is 0 Å². The van der Waals surface area contributed by atoms with Crippen molar-refractivity contribution in [1.82, 2.24) is 15.3 Å². The molecule has 4 heteroatoms. The van der Waals surface area contributed by atoms with Gasteiger partial charge >= 0.3 is 6.01 Å². The first-order chi connectivity index (χ1) is 6.95. The summed E-state index contributed by atoms with van der Waals surface area (Å²) in [6.07, 6.45) is 5.87. The van der Waals surface area contributed by atoms with E-state index in [1.807, 2.05) is 0 Å². The fraction of sp³-hybridized carbons (Fsp3) is 0.600. The third-order valence-electron chi connectivity index (χ3n) is 2.39. The maximum absolute atomic E-state index is 5.48. The summed E-state index contributed by atoms with van der Waals surface area (Å²) in [6, 6.07) is 2.27. The Morgan fingerprint density at radius 1 is 1.43 bits per heavy atom. The van der Waals surface area contributed by atoms with Crippen LogP contribution in [0.4, 0.5) is 0 Å². The minimum atomic E-state index is 0.484. The highest BCUT2D eigenvalue weighted by atomic mass is 16.5. The number of ether oxygens (including phenoxy) is 1. The molecule has 0 amide bonds. The number of rotatable bonds is 3. The van der Waals surface area contributed by atoms with E-state index in [0.717, 1.165) is 19.7 Å². The summed E-state index contributed by atoms with van der Waals surface area (Å²) in [7, 11) is 0. The predicted octanol–water partition coefficient (Wildman–Crippen LogP) is 0.855. The zero-order valence-electron chi connectivity index (χ0n) is 8.15. The Morgan fingerprint density at radius 2 is 2.29 bits per heavy atom. The molecule has 1 aliphatic heterocycles. The van der Waals surface area contributed by atoms with Crippen molar-refractivity contribution in [2.75, 3.05) is 19.7 Å². The molecule has 0 radical (unpaired) electrons. The lowest BCUT2D eigenvalue weighted by atomic mass is 10.0. The second-order valence-electron chi connectivity index (χ2n) is 3.55. The molecule has 14 heavy (non-hydrogen) atoms. The molecule has 0 bridgehead atoms. The molecule has 0 aliphatic carbocycles. The van der Waals surface area contributed by atoms with Crippen molar-refractivity contribution in [2.45, 2.75) is 12.8 Å². The van der Waals surface area contributed by atoms with E-state index in [1.165, 1.54) is 12.8 Å². The van der Waals surface area contributed by atoms with Gasteiger partial charge in [0.15, 0.2) is 0 Å². The van der Waals surface area contributed by atoms with Gasteiger partial charge in [-0.05, 0) is 25.5 Å². The average Bonchev–Trinajstić information content (AvgIpc) is 2.29. The molecule has 1 unspecified atom stereocenters. The third kappa shape index (κ3) is 2.67. The molecule has 4 nitrogen and oxygen atoms in total. The molecular weight excluding hydrogens is 178 g/mol. The first-order valence-corrected chi connectivity index (χ1v) is 5.05. The molecule has 2 heterocycles. The highest BCUT2D eigenvalue weighted by Gasteiger charge is 2.13. The first kappa shape index (κ1) is 9.40. The normalized spacial score (nSPS) is 21.9. The summed E-state index contributed by atoms with van der Waals surface area (Å²) in [6.45, 7) is 2.90. The van der Waals surface area contributed by atoms with Crippen LogP contribution >= 0.6 is 0 Å². The summed E-state index contributed by atoms with van der Waals surface area (Å²) >= 11 is 0. The monoisotopic (exact) mass is 193 g/mol. The number of nitrogens with one attached hydrogen (secondary N) is 1. The number of piperidine rings is 1. The largest absolute Gasteiger partial charge is 0.463 e. The molecule has 1 aromatic heterocycles. The molecular formula is C10H15N3O. The molecule has 1 aromatic rings. The van der Waals surface area contributed by atoms with Gasteiger partial charge in [-0.15, -0.1) is 0 Å². The fourth-order valence-corrected chi connectivity index (χ4v) is 1.62. The number of aromatic nitrogens is 2. The molecule has 1 atom stereocenters. The summed E-state index contributed by atoms with van der Waals surface area (Å²) in [5, 5.41) is 3.35. The number of hydrogen-bond acceptors (Lipinski definition) is 4. The van der Waals surface area contributed by atoms with Crippen molar-refractivity contribution in [2.24, 2.45) is 5.92 Å². The molecule has 76 valence electrons. The lowest BCUT2D eigenvalue weighted by molar-refractivity contribution is 0.205. The molecule has 1 saturated heterocycles. The Morgan fingerprint density at radius 3 is 3.00 bits per heavy atom. The Hall–Kier alpha value is -1.16. The topological polar surface area (TPSA) is 47.0 Å². The SMILES string of the molecule is c1cnc(OCC2CCCNC2)nc1. The smallest absolute Gasteiger partial charge is 0.316 e. The van der Waals surface area contributed by atoms with Crippen molar-refractivity contribution in [3.8, 4) is 6.01 Å². The van der Waals surface area contributed by atoms with E-state index in [4.69, 9.17) is 4.74 Å². The zero-order chi connectivity index (χ0) is 9.64. The molecule has 0 spiro atoms. The Kier molecular flexibility index (Phi) is 3.29. The molecule has 1 aliphatic rings. The van der Waals surface area contributed by atoms with Gasteiger partial charge in [0, 0.05) is 24.9 Å². The average molecular weight is 193 g/mol. The van der Waals surface area contributed by atoms with E-state index in [1.54, 1.807) is 18.5 Å². The van der Waals surface area contributed by atoms with Crippen LogP contribution in [0.3, 0.4) is 0 Å². The Labute approximate surface area is 83.7 Å². The van der Waals surface area contributed by atoms with Crippen LogP contribution in [-0.2, 0) is 0 Å². The fourth-order valence-electron chi connectivity index (χ4n) is 1.62. The van der Waals surface area contributed by atoms with Crippen LogP contribution in [0.5, 0.6) is 6.01 Å². The van der Waals surface area contributed by atoms with Gasteiger partial charge in [0.1, 0.15) is 0 Å². The van der Waals surface area contributed by atoms with E-state index < -0.39 is 0 Å². The number of hydrogen-bond donors (Lipinski definition) is 1. The molecule has 0 aromatic carbocycles. The van der Waals surface area contributed by atoms with Crippen LogP contribution in [0, 0.1) is 5.92 Å². The summed E-state index contributed by atoms with van der Waals surface area (Å²) in [5.74, 6) is 0.604. The maximum atomic E-state index is 5.48. The Balaban J connectivity index is 1.76. The van der Waals surface area contributed by atoms with Crippen LogP contribution in [-0.4, -0.2) is 29.7 Å². The summed E-state index contributed by atoms with van der Waals surface area (Å²) in [5.41, 5.74) is 0. The van der Waals surface area contributed by atoms with E-state index in [9.17, 15) is 0 Å². The van der Waals surface area contributed by atoms with Crippen molar-refractivity contribution in [3.05, 3.63) is 18.5 Å². The van der Waals surface area contributed by atoms with Crippen LogP contribution in [0.25, 0.3) is 0 Å². The van der Waals surface area contributed by atoms with Gasteiger partial charge in [-0.25, -0.2) is 9.97 Å². The van der Waals surface area contributed by atoms with Gasteiger partial charge < -0.3 is 10.1 Å². The molecule has 1 fully saturated rings. The Bertz CT molecular complexity index is 259. The lowest BCUT2D eigenvalue weighted by Gasteiger charge is -2.21. The van der Waals surface area contributed by atoms with Gasteiger partial charge in [-0.3, -0.25) is 0 Å². The molecule has 0 saturated carbocycles. The first-order valence-electron chi connectivity index (χ1n) is 5.05. The minimum Gasteiger partial charge on any atom is -0.463 e. The summed E-state index contributed by atoms with van der Waals surface area (Å²) in [4.78, 5) is 8.02. The lowest BCUT2D eigenvalue weighted by Crippen LogP contribution is -2.33. The van der Waals surface area contributed by atoms with Crippen LogP contribution in [0.1, 0.15) is 12.8 Å². The van der Waals surface area contributed by atoms with Gasteiger partial charge in [-0.2, -0.15) is 0 Å². The quantitative estimate of drug-likeness (QED) is 0.773. The van der Waals surface area contributed by atoms with Crippen LogP contribution in [0.2, 0.25) is 0 Å². The second-order valence-corrected chi connectivity index (χ2v) is 3.55. The third-order valence-corrected chi connectivity index (χ3v) is 2.39. The second kappa shape index (κ2) is 4.91. The molecule has 2 rings (SSSR count). The number of nitrogens with zero attached hydrogens (tertiary/aromatic N) is 2. The van der Waals surface area contributed by atoms with Crippen molar-refractivity contribution >= 4 is 0 Å². The van der Waals surface area contributed by atoms with Gasteiger partial charge in [0.2, 0.25) is 0 Å². The van der Waals surface area contributed by atoms with Crippen molar-refractivity contribution in [1.29, 1.82) is 0 Å². The van der Waals surface area contributed by atoms with Gasteiger partial charge in [0.05, 0.1) is 6.61 Å². The van der Waals surface area contributed by atoms with Crippen LogP contribution in [0.15, 0.2) is 18.5 Å². The van der Waals surface area contributed by atoms with E-state index in [0.29, 0.717) is 11.9 Å². The van der Waals surface area contributed by atoms with Crippen LogP contribution < -0.4 is 10.1 Å². The highest BCUT2D eigenvalue weighted by Crippen LogP contribution is 2.10.